The number of ether oxygens (including phenoxy) is 1. The Labute approximate surface area is 131 Å². The second kappa shape index (κ2) is 8.43. The first kappa shape index (κ1) is 18.0. The Kier molecular flexibility index (Phi) is 7.24. The fraction of sp³-hybridized carbons (Fsp3) is 0.500. The molecule has 7 heteroatoms. The highest BCUT2D eigenvalue weighted by Crippen LogP contribution is 2.08. The summed E-state index contributed by atoms with van der Waals surface area (Å²) in [6.45, 7) is 5.34. The van der Waals surface area contributed by atoms with E-state index in [0.717, 1.165) is 0 Å². The van der Waals surface area contributed by atoms with Crippen LogP contribution in [0.4, 0.5) is 0 Å². The summed E-state index contributed by atoms with van der Waals surface area (Å²) in [5.41, 5.74) is 6.85. The van der Waals surface area contributed by atoms with E-state index in [1.165, 1.54) is 0 Å². The summed E-state index contributed by atoms with van der Waals surface area (Å²) in [5, 5.41) is 0. The number of hydrogen-bond donors (Lipinski definition) is 2. The molecule has 0 saturated carbocycles. The molecule has 0 fully saturated rings. The average molecular weight is 330 g/mol. The van der Waals surface area contributed by atoms with Crippen LogP contribution >= 0.6 is 12.2 Å². The van der Waals surface area contributed by atoms with Crippen LogP contribution in [-0.4, -0.2) is 33.2 Å². The molecule has 0 aliphatic heterocycles. The third-order valence-electron chi connectivity index (χ3n) is 2.59. The van der Waals surface area contributed by atoms with E-state index in [1.54, 1.807) is 24.3 Å². The Bertz CT molecular complexity index is 571. The highest BCUT2D eigenvalue weighted by molar-refractivity contribution is 7.88. The van der Waals surface area contributed by atoms with Crippen molar-refractivity contribution in [2.45, 2.75) is 19.6 Å². The van der Waals surface area contributed by atoms with Crippen molar-refractivity contribution < 1.29 is 13.2 Å². The monoisotopic (exact) mass is 330 g/mol. The van der Waals surface area contributed by atoms with Gasteiger partial charge in [0.05, 0.1) is 12.4 Å². The molecule has 21 heavy (non-hydrogen) atoms. The van der Waals surface area contributed by atoms with Crippen LogP contribution in [0.2, 0.25) is 0 Å². The quantitative estimate of drug-likeness (QED) is 0.528. The molecule has 1 rings (SSSR count). The summed E-state index contributed by atoms with van der Waals surface area (Å²) >= 11 is 4.88. The van der Waals surface area contributed by atoms with Crippen molar-refractivity contribution in [2.24, 2.45) is 11.7 Å². The lowest BCUT2D eigenvalue weighted by Gasteiger charge is -2.09. The maximum absolute atomic E-state index is 11.9. The van der Waals surface area contributed by atoms with E-state index >= 15 is 0 Å². The number of nitrogens with one attached hydrogen (secondary N) is 1. The minimum absolute atomic E-state index is 0.104. The molecule has 1 aromatic carbocycles. The van der Waals surface area contributed by atoms with Gasteiger partial charge >= 0.3 is 0 Å². The predicted octanol–water partition coefficient (Wildman–Crippen LogP) is 1.41. The van der Waals surface area contributed by atoms with E-state index in [1.807, 2.05) is 13.8 Å². The van der Waals surface area contributed by atoms with Gasteiger partial charge in [-0.05, 0) is 17.5 Å². The van der Waals surface area contributed by atoms with E-state index < -0.39 is 10.0 Å². The van der Waals surface area contributed by atoms with E-state index in [2.05, 4.69) is 4.72 Å². The third kappa shape index (κ3) is 7.52. The molecule has 0 radical (unpaired) electrons. The largest absolute Gasteiger partial charge is 0.389 e. The molecule has 1 aromatic rings. The minimum Gasteiger partial charge on any atom is -0.389 e. The van der Waals surface area contributed by atoms with Crippen LogP contribution in [0.3, 0.4) is 0 Å². The van der Waals surface area contributed by atoms with Crippen molar-refractivity contribution in [3.63, 3.8) is 0 Å². The molecule has 5 nitrogen and oxygen atoms in total. The second-order valence-electron chi connectivity index (χ2n) is 5.19. The Hall–Kier alpha value is -1.02. The van der Waals surface area contributed by atoms with Gasteiger partial charge in [-0.25, -0.2) is 13.1 Å². The van der Waals surface area contributed by atoms with Crippen molar-refractivity contribution in [3.8, 4) is 0 Å². The van der Waals surface area contributed by atoms with Crippen molar-refractivity contribution in [1.82, 2.24) is 4.72 Å². The number of thiocarbonyl (C=S) groups is 1. The normalized spacial score (nSPS) is 11.8. The van der Waals surface area contributed by atoms with Gasteiger partial charge in [0.2, 0.25) is 10.0 Å². The first-order valence-corrected chi connectivity index (χ1v) is 8.80. The molecule has 3 N–H and O–H groups in total. The van der Waals surface area contributed by atoms with Gasteiger partial charge in [0.1, 0.15) is 4.99 Å². The fourth-order valence-electron chi connectivity index (χ4n) is 1.67. The molecular weight excluding hydrogens is 308 g/mol. The van der Waals surface area contributed by atoms with Gasteiger partial charge in [0, 0.05) is 18.7 Å². The van der Waals surface area contributed by atoms with Gasteiger partial charge in [0.25, 0.3) is 0 Å². The van der Waals surface area contributed by atoms with Crippen LogP contribution in [0.25, 0.3) is 0 Å². The van der Waals surface area contributed by atoms with Crippen LogP contribution in [0, 0.1) is 5.92 Å². The lowest BCUT2D eigenvalue weighted by Crippen LogP contribution is -2.29. The van der Waals surface area contributed by atoms with Crippen LogP contribution in [0.15, 0.2) is 24.3 Å². The molecule has 0 aromatic heterocycles. The smallest absolute Gasteiger partial charge is 0.215 e. The zero-order valence-electron chi connectivity index (χ0n) is 12.3. The van der Waals surface area contributed by atoms with Crippen molar-refractivity contribution in [3.05, 3.63) is 35.4 Å². The summed E-state index contributed by atoms with van der Waals surface area (Å²) in [6.07, 6.45) is 0. The first-order valence-electron chi connectivity index (χ1n) is 6.74. The Balaban J connectivity index is 2.49. The molecule has 0 aliphatic carbocycles. The highest BCUT2D eigenvalue weighted by Gasteiger charge is 2.11. The minimum atomic E-state index is -3.39. The molecule has 0 heterocycles. The van der Waals surface area contributed by atoms with Crippen LogP contribution in [0.5, 0.6) is 0 Å². The van der Waals surface area contributed by atoms with Gasteiger partial charge in [0.15, 0.2) is 0 Å². The van der Waals surface area contributed by atoms with E-state index in [-0.39, 0.29) is 17.3 Å². The van der Waals surface area contributed by atoms with Gasteiger partial charge < -0.3 is 10.5 Å². The Morgan fingerprint density at radius 3 is 2.76 bits per heavy atom. The van der Waals surface area contributed by atoms with E-state index in [9.17, 15) is 8.42 Å². The van der Waals surface area contributed by atoms with Crippen molar-refractivity contribution in [1.29, 1.82) is 0 Å². The number of nitrogens with two attached hydrogens (primary N) is 1. The fourth-order valence-corrected chi connectivity index (χ4v) is 2.91. The van der Waals surface area contributed by atoms with Crippen LogP contribution in [0.1, 0.15) is 25.0 Å². The van der Waals surface area contributed by atoms with Crippen molar-refractivity contribution >= 4 is 27.2 Å². The Morgan fingerprint density at radius 2 is 2.14 bits per heavy atom. The molecule has 0 aliphatic rings. The summed E-state index contributed by atoms with van der Waals surface area (Å²) in [5.74, 6) is 0.331. The molecule has 0 saturated heterocycles. The summed E-state index contributed by atoms with van der Waals surface area (Å²) < 4.78 is 31.7. The van der Waals surface area contributed by atoms with Gasteiger partial charge in [-0.3, -0.25) is 0 Å². The molecule has 0 bridgehead atoms. The van der Waals surface area contributed by atoms with Crippen LogP contribution < -0.4 is 10.5 Å². The lowest BCUT2D eigenvalue weighted by atomic mass is 10.1. The molecule has 0 amide bonds. The number of benzene rings is 1. The van der Waals surface area contributed by atoms with E-state index in [4.69, 9.17) is 22.7 Å². The SMILES string of the molecule is CC(C)COCCNS(=O)(=O)Cc1cccc(C(N)=S)c1. The second-order valence-corrected chi connectivity index (χ2v) is 7.43. The molecule has 0 spiro atoms. The topological polar surface area (TPSA) is 81.4 Å². The molecular formula is C14H22N2O3S2. The lowest BCUT2D eigenvalue weighted by molar-refractivity contribution is 0.114. The molecule has 0 unspecified atom stereocenters. The summed E-state index contributed by atoms with van der Waals surface area (Å²) in [7, 11) is -3.39. The van der Waals surface area contributed by atoms with Gasteiger partial charge in [-0.2, -0.15) is 0 Å². The first-order chi connectivity index (χ1) is 9.80. The number of rotatable bonds is 9. The maximum atomic E-state index is 11.9. The van der Waals surface area contributed by atoms with Crippen LogP contribution in [-0.2, 0) is 20.5 Å². The van der Waals surface area contributed by atoms with Crippen molar-refractivity contribution in [2.75, 3.05) is 19.8 Å². The predicted molar refractivity (Wildman–Crippen MR) is 88.6 cm³/mol. The maximum Gasteiger partial charge on any atom is 0.215 e. The number of hydrogen-bond acceptors (Lipinski definition) is 4. The van der Waals surface area contributed by atoms with E-state index in [0.29, 0.717) is 30.3 Å². The Morgan fingerprint density at radius 1 is 1.43 bits per heavy atom. The molecule has 0 atom stereocenters. The summed E-state index contributed by atoms with van der Waals surface area (Å²) in [6, 6.07) is 6.92. The van der Waals surface area contributed by atoms with Gasteiger partial charge in [-0.15, -0.1) is 0 Å². The standard InChI is InChI=1S/C14H22N2O3S2/c1-11(2)9-19-7-6-16-21(17,18)10-12-4-3-5-13(8-12)14(15)20/h3-5,8,11,16H,6-7,9-10H2,1-2H3,(H2,15,20). The highest BCUT2D eigenvalue weighted by atomic mass is 32.2. The third-order valence-corrected chi connectivity index (χ3v) is 4.18. The number of sulfonamides is 1. The summed E-state index contributed by atoms with van der Waals surface area (Å²) in [4.78, 5) is 0.254. The zero-order valence-corrected chi connectivity index (χ0v) is 14.0. The average Bonchev–Trinajstić information content (AvgIpc) is 2.37. The molecule has 118 valence electrons. The van der Waals surface area contributed by atoms with Gasteiger partial charge in [-0.1, -0.05) is 44.3 Å². The zero-order chi connectivity index (χ0) is 15.9.